The van der Waals surface area contributed by atoms with Crippen LogP contribution >= 0.6 is 27.5 Å². The van der Waals surface area contributed by atoms with Crippen LogP contribution in [0.1, 0.15) is 24.5 Å². The van der Waals surface area contributed by atoms with Crippen LogP contribution in [0.2, 0.25) is 5.02 Å². The zero-order valence-corrected chi connectivity index (χ0v) is 14.7. The lowest BCUT2D eigenvalue weighted by atomic mass is 10.2. The molecule has 0 aliphatic heterocycles. The van der Waals surface area contributed by atoms with Gasteiger partial charge in [0, 0.05) is 22.1 Å². The number of hydrogen-bond donors (Lipinski definition) is 1. The maximum atomic E-state index is 13.1. The van der Waals surface area contributed by atoms with Crippen molar-refractivity contribution in [2.24, 2.45) is 0 Å². The van der Waals surface area contributed by atoms with Gasteiger partial charge in [-0.1, -0.05) is 40.5 Å². The van der Waals surface area contributed by atoms with Crippen molar-refractivity contribution in [2.45, 2.75) is 26.5 Å². The molecular formula is C17H18BrClFNO. The minimum absolute atomic E-state index is 0.307. The Morgan fingerprint density at radius 1 is 1.18 bits per heavy atom. The van der Waals surface area contributed by atoms with Gasteiger partial charge in [0.15, 0.2) is 0 Å². The van der Waals surface area contributed by atoms with Crippen molar-refractivity contribution in [3.63, 3.8) is 0 Å². The van der Waals surface area contributed by atoms with Crippen LogP contribution in [0.15, 0.2) is 40.9 Å². The number of ether oxygens (including phenoxy) is 1. The Balaban J connectivity index is 2.08. The third-order valence-electron chi connectivity index (χ3n) is 3.16. The van der Waals surface area contributed by atoms with E-state index in [4.69, 9.17) is 16.3 Å². The average Bonchev–Trinajstić information content (AvgIpc) is 2.48. The predicted octanol–water partition coefficient (Wildman–Crippen LogP) is 5.32. The summed E-state index contributed by atoms with van der Waals surface area (Å²) in [5, 5.41) is 3.74. The van der Waals surface area contributed by atoms with E-state index in [1.165, 1.54) is 12.1 Å². The van der Waals surface area contributed by atoms with Crippen LogP contribution in [0.5, 0.6) is 5.75 Å². The summed E-state index contributed by atoms with van der Waals surface area (Å²) >= 11 is 9.50. The highest BCUT2D eigenvalue weighted by Crippen LogP contribution is 2.25. The second-order valence-electron chi connectivity index (χ2n) is 4.95. The van der Waals surface area contributed by atoms with Crippen LogP contribution < -0.4 is 10.1 Å². The molecule has 0 aromatic heterocycles. The Morgan fingerprint density at radius 3 is 2.73 bits per heavy atom. The van der Waals surface area contributed by atoms with Crippen LogP contribution in [0.3, 0.4) is 0 Å². The monoisotopic (exact) mass is 385 g/mol. The second-order valence-corrected chi connectivity index (χ2v) is 6.28. The van der Waals surface area contributed by atoms with E-state index >= 15 is 0 Å². The van der Waals surface area contributed by atoms with Gasteiger partial charge in [0.05, 0.1) is 5.02 Å². The van der Waals surface area contributed by atoms with Gasteiger partial charge in [-0.25, -0.2) is 4.39 Å². The second kappa shape index (κ2) is 8.51. The van der Waals surface area contributed by atoms with E-state index in [1.807, 2.05) is 18.2 Å². The molecule has 0 bridgehead atoms. The van der Waals surface area contributed by atoms with E-state index in [-0.39, 0.29) is 5.82 Å². The van der Waals surface area contributed by atoms with Gasteiger partial charge in [-0.2, -0.15) is 0 Å². The van der Waals surface area contributed by atoms with Gasteiger partial charge in [-0.15, -0.1) is 0 Å². The van der Waals surface area contributed by atoms with Crippen LogP contribution in [-0.4, -0.2) is 6.54 Å². The molecule has 0 amide bonds. The molecule has 0 saturated heterocycles. The van der Waals surface area contributed by atoms with E-state index in [0.29, 0.717) is 11.6 Å². The predicted molar refractivity (Wildman–Crippen MR) is 91.9 cm³/mol. The Kier molecular flexibility index (Phi) is 6.68. The molecule has 0 spiro atoms. The highest BCUT2D eigenvalue weighted by atomic mass is 79.9. The molecule has 2 rings (SSSR count). The van der Waals surface area contributed by atoms with Crippen molar-refractivity contribution < 1.29 is 9.13 Å². The fourth-order valence-corrected chi connectivity index (χ4v) is 2.65. The average molecular weight is 387 g/mol. The molecule has 0 saturated carbocycles. The summed E-state index contributed by atoms with van der Waals surface area (Å²) in [6, 6.07) is 10.2. The summed E-state index contributed by atoms with van der Waals surface area (Å²) in [7, 11) is 0. The van der Waals surface area contributed by atoms with Crippen molar-refractivity contribution in [3.8, 4) is 5.75 Å². The molecule has 2 nitrogen and oxygen atoms in total. The first-order valence-electron chi connectivity index (χ1n) is 7.16. The smallest absolute Gasteiger partial charge is 0.124 e. The highest BCUT2D eigenvalue weighted by molar-refractivity contribution is 9.10. The largest absolute Gasteiger partial charge is 0.489 e. The van der Waals surface area contributed by atoms with E-state index < -0.39 is 0 Å². The van der Waals surface area contributed by atoms with Crippen LogP contribution in [-0.2, 0) is 13.2 Å². The molecule has 0 radical (unpaired) electrons. The topological polar surface area (TPSA) is 21.3 Å². The van der Waals surface area contributed by atoms with Crippen molar-refractivity contribution in [1.82, 2.24) is 5.32 Å². The van der Waals surface area contributed by atoms with E-state index in [1.54, 1.807) is 6.07 Å². The van der Waals surface area contributed by atoms with E-state index in [0.717, 1.165) is 40.9 Å². The molecule has 5 heteroatoms. The summed E-state index contributed by atoms with van der Waals surface area (Å²) in [6.45, 7) is 4.12. The third-order valence-corrected chi connectivity index (χ3v) is 4.01. The fraction of sp³-hybridized carbons (Fsp3) is 0.294. The Morgan fingerprint density at radius 2 is 2.00 bits per heavy atom. The lowest BCUT2D eigenvalue weighted by Crippen LogP contribution is -2.14. The molecule has 0 atom stereocenters. The minimum Gasteiger partial charge on any atom is -0.489 e. The SMILES string of the molecule is CCCNCc1cc(Br)ccc1OCc1ccc(F)cc1Cl. The molecule has 118 valence electrons. The zero-order chi connectivity index (χ0) is 15.9. The lowest BCUT2D eigenvalue weighted by molar-refractivity contribution is 0.302. The summed E-state index contributed by atoms with van der Waals surface area (Å²) in [5.74, 6) is 0.453. The molecule has 2 aromatic carbocycles. The summed E-state index contributed by atoms with van der Waals surface area (Å²) in [6.07, 6.45) is 1.08. The van der Waals surface area contributed by atoms with Gasteiger partial charge in [-0.3, -0.25) is 0 Å². The number of nitrogens with one attached hydrogen (secondary N) is 1. The molecule has 1 N–H and O–H groups in total. The number of hydrogen-bond acceptors (Lipinski definition) is 2. The number of halogens is 3. The van der Waals surface area contributed by atoms with Gasteiger partial charge >= 0.3 is 0 Å². The first-order chi connectivity index (χ1) is 10.6. The van der Waals surface area contributed by atoms with E-state index in [2.05, 4.69) is 28.2 Å². The molecule has 0 fully saturated rings. The number of benzene rings is 2. The minimum atomic E-state index is -0.346. The van der Waals surface area contributed by atoms with Crippen molar-refractivity contribution in [1.29, 1.82) is 0 Å². The first kappa shape index (κ1) is 17.3. The van der Waals surface area contributed by atoms with Crippen molar-refractivity contribution in [3.05, 3.63) is 62.8 Å². The third kappa shape index (κ3) is 4.97. The van der Waals surface area contributed by atoms with Gasteiger partial charge in [0.2, 0.25) is 0 Å². The van der Waals surface area contributed by atoms with Gasteiger partial charge in [-0.05, 0) is 43.3 Å². The molecule has 0 aliphatic rings. The van der Waals surface area contributed by atoms with Crippen LogP contribution in [0.4, 0.5) is 4.39 Å². The van der Waals surface area contributed by atoms with Crippen LogP contribution in [0.25, 0.3) is 0 Å². The summed E-state index contributed by atoms with van der Waals surface area (Å²) in [4.78, 5) is 0. The highest BCUT2D eigenvalue weighted by Gasteiger charge is 2.07. The molecule has 0 aliphatic carbocycles. The Bertz CT molecular complexity index is 636. The maximum Gasteiger partial charge on any atom is 0.124 e. The van der Waals surface area contributed by atoms with Crippen molar-refractivity contribution in [2.75, 3.05) is 6.54 Å². The normalized spacial score (nSPS) is 10.7. The molecule has 2 aromatic rings. The molecule has 22 heavy (non-hydrogen) atoms. The fourth-order valence-electron chi connectivity index (χ4n) is 2.02. The van der Waals surface area contributed by atoms with Crippen molar-refractivity contribution >= 4 is 27.5 Å². The first-order valence-corrected chi connectivity index (χ1v) is 8.33. The van der Waals surface area contributed by atoms with E-state index in [9.17, 15) is 4.39 Å². The lowest BCUT2D eigenvalue weighted by Gasteiger charge is -2.13. The Labute approximate surface area is 143 Å². The van der Waals surface area contributed by atoms with Gasteiger partial charge in [0.25, 0.3) is 0 Å². The van der Waals surface area contributed by atoms with Gasteiger partial charge < -0.3 is 10.1 Å². The maximum absolute atomic E-state index is 13.1. The number of rotatable bonds is 7. The summed E-state index contributed by atoms with van der Waals surface area (Å²) < 4.78 is 19.9. The van der Waals surface area contributed by atoms with Gasteiger partial charge in [0.1, 0.15) is 18.2 Å². The van der Waals surface area contributed by atoms with Crippen LogP contribution in [0, 0.1) is 5.82 Å². The summed E-state index contributed by atoms with van der Waals surface area (Å²) in [5.41, 5.74) is 1.83. The molecular weight excluding hydrogens is 369 g/mol. The molecule has 0 heterocycles. The molecule has 0 unspecified atom stereocenters. The zero-order valence-electron chi connectivity index (χ0n) is 12.3. The standard InChI is InChI=1S/C17H18BrClFNO/c1-2-7-21-10-13-8-14(18)4-6-17(13)22-11-12-3-5-15(20)9-16(12)19/h3-6,8-9,21H,2,7,10-11H2,1H3. The quantitative estimate of drug-likeness (QED) is 0.650. The Hall–Kier alpha value is -1.10.